The van der Waals surface area contributed by atoms with Crippen molar-refractivity contribution < 1.29 is 9.59 Å². The quantitative estimate of drug-likeness (QED) is 0.468. The molecule has 5 rings (SSSR count). The highest BCUT2D eigenvalue weighted by Crippen LogP contribution is 2.31. The molecule has 0 aliphatic heterocycles. The van der Waals surface area contributed by atoms with Crippen molar-refractivity contribution in [2.24, 2.45) is 13.0 Å². The SMILES string of the molecule is Cc1cc(NC(=O)c2ccccc2Sc2ccc3nc(NC(=O)C4CC4)cn3n2)n(C)n1. The molecular formula is C22H21N7O2S. The van der Waals surface area contributed by atoms with E-state index >= 15 is 0 Å². The largest absolute Gasteiger partial charge is 0.309 e. The van der Waals surface area contributed by atoms with Gasteiger partial charge in [-0.2, -0.15) is 10.2 Å². The molecule has 4 aromatic rings. The number of nitrogens with one attached hydrogen (secondary N) is 2. The molecule has 0 bridgehead atoms. The van der Waals surface area contributed by atoms with Gasteiger partial charge in [0.25, 0.3) is 5.91 Å². The fraction of sp³-hybridized carbons (Fsp3) is 0.227. The Labute approximate surface area is 188 Å². The van der Waals surface area contributed by atoms with Crippen LogP contribution in [0.5, 0.6) is 0 Å². The average molecular weight is 448 g/mol. The molecule has 3 heterocycles. The first kappa shape index (κ1) is 20.3. The predicted molar refractivity (Wildman–Crippen MR) is 121 cm³/mol. The molecule has 0 spiro atoms. The van der Waals surface area contributed by atoms with Gasteiger partial charge < -0.3 is 10.6 Å². The molecule has 0 unspecified atom stereocenters. The molecule has 32 heavy (non-hydrogen) atoms. The van der Waals surface area contributed by atoms with Crippen LogP contribution in [0.15, 0.2) is 58.6 Å². The molecule has 1 aromatic carbocycles. The second-order valence-electron chi connectivity index (χ2n) is 7.71. The van der Waals surface area contributed by atoms with Crippen molar-refractivity contribution in [3.05, 3.63) is 59.9 Å². The van der Waals surface area contributed by atoms with Crippen molar-refractivity contribution in [3.8, 4) is 0 Å². The smallest absolute Gasteiger partial charge is 0.257 e. The third-order valence-electron chi connectivity index (χ3n) is 5.08. The zero-order chi connectivity index (χ0) is 22.2. The number of aromatic nitrogens is 5. The van der Waals surface area contributed by atoms with Crippen LogP contribution in [0.2, 0.25) is 0 Å². The van der Waals surface area contributed by atoms with E-state index in [9.17, 15) is 9.59 Å². The lowest BCUT2D eigenvalue weighted by atomic mass is 10.2. The van der Waals surface area contributed by atoms with Gasteiger partial charge in [0.1, 0.15) is 10.8 Å². The monoisotopic (exact) mass is 447 g/mol. The number of carbonyl (C=O) groups is 2. The number of carbonyl (C=O) groups excluding carboxylic acids is 2. The van der Waals surface area contributed by atoms with Crippen molar-refractivity contribution in [2.45, 2.75) is 29.7 Å². The van der Waals surface area contributed by atoms with E-state index in [1.807, 2.05) is 43.3 Å². The summed E-state index contributed by atoms with van der Waals surface area (Å²) < 4.78 is 3.27. The van der Waals surface area contributed by atoms with Crippen LogP contribution >= 0.6 is 11.8 Å². The molecule has 1 aliphatic rings. The second-order valence-corrected chi connectivity index (χ2v) is 8.77. The van der Waals surface area contributed by atoms with Crippen LogP contribution < -0.4 is 10.6 Å². The van der Waals surface area contributed by atoms with Crippen LogP contribution in [0.3, 0.4) is 0 Å². The summed E-state index contributed by atoms with van der Waals surface area (Å²) in [6, 6.07) is 12.9. The fourth-order valence-corrected chi connectivity index (χ4v) is 4.23. The van der Waals surface area contributed by atoms with Gasteiger partial charge in [-0.3, -0.25) is 14.3 Å². The van der Waals surface area contributed by atoms with Crippen LogP contribution in [0.25, 0.3) is 5.65 Å². The van der Waals surface area contributed by atoms with Crippen LogP contribution in [0.1, 0.15) is 28.9 Å². The zero-order valence-corrected chi connectivity index (χ0v) is 18.4. The predicted octanol–water partition coefficient (Wildman–Crippen LogP) is 3.52. The molecule has 2 N–H and O–H groups in total. The standard InChI is InChI=1S/C22H21N7O2S/c1-13-11-19(28(2)26-13)25-22(31)15-5-3-4-6-16(15)32-20-10-9-18-23-17(12-29(18)27-20)24-21(30)14-7-8-14/h3-6,9-12,14H,7-8H2,1-2H3,(H,24,30)(H,25,31). The summed E-state index contributed by atoms with van der Waals surface area (Å²) in [5.41, 5.74) is 2.01. The van der Waals surface area contributed by atoms with E-state index in [2.05, 4.69) is 25.8 Å². The lowest BCUT2D eigenvalue weighted by molar-refractivity contribution is -0.117. The van der Waals surface area contributed by atoms with Gasteiger partial charge in [-0.25, -0.2) is 9.50 Å². The minimum atomic E-state index is -0.218. The highest BCUT2D eigenvalue weighted by Gasteiger charge is 2.30. The Morgan fingerprint density at radius 3 is 2.66 bits per heavy atom. The maximum absolute atomic E-state index is 12.9. The van der Waals surface area contributed by atoms with Crippen LogP contribution in [0, 0.1) is 12.8 Å². The molecule has 0 radical (unpaired) electrons. The highest BCUT2D eigenvalue weighted by atomic mass is 32.2. The number of imidazole rings is 1. The molecule has 162 valence electrons. The lowest BCUT2D eigenvalue weighted by Crippen LogP contribution is -2.15. The van der Waals surface area contributed by atoms with E-state index in [1.54, 1.807) is 28.5 Å². The topological polar surface area (TPSA) is 106 Å². The summed E-state index contributed by atoms with van der Waals surface area (Å²) >= 11 is 1.39. The van der Waals surface area contributed by atoms with E-state index < -0.39 is 0 Å². The molecule has 0 saturated heterocycles. The summed E-state index contributed by atoms with van der Waals surface area (Å²) in [7, 11) is 1.79. The van der Waals surface area contributed by atoms with E-state index in [0.717, 1.165) is 23.4 Å². The number of anilines is 2. The third-order valence-corrected chi connectivity index (χ3v) is 6.09. The molecule has 3 aromatic heterocycles. The summed E-state index contributed by atoms with van der Waals surface area (Å²) in [6.45, 7) is 1.88. The summed E-state index contributed by atoms with van der Waals surface area (Å²) in [6.07, 6.45) is 3.57. The zero-order valence-electron chi connectivity index (χ0n) is 17.6. The van der Waals surface area contributed by atoms with Crippen molar-refractivity contribution in [2.75, 3.05) is 10.6 Å². The molecule has 1 saturated carbocycles. The van der Waals surface area contributed by atoms with Crippen LogP contribution in [-0.4, -0.2) is 36.2 Å². The number of benzene rings is 1. The van der Waals surface area contributed by atoms with Gasteiger partial charge in [-0.15, -0.1) is 0 Å². The summed E-state index contributed by atoms with van der Waals surface area (Å²) in [5.74, 6) is 1.02. The second kappa shape index (κ2) is 8.12. The Kier molecular flexibility index (Phi) is 5.14. The van der Waals surface area contributed by atoms with E-state index in [4.69, 9.17) is 0 Å². The number of aryl methyl sites for hydroxylation is 2. The molecular weight excluding hydrogens is 426 g/mol. The third kappa shape index (κ3) is 4.22. The van der Waals surface area contributed by atoms with Crippen molar-refractivity contribution in [3.63, 3.8) is 0 Å². The Bertz CT molecular complexity index is 1340. The van der Waals surface area contributed by atoms with Crippen molar-refractivity contribution >= 4 is 40.9 Å². The Morgan fingerprint density at radius 2 is 1.91 bits per heavy atom. The molecule has 1 aliphatic carbocycles. The molecule has 10 heteroatoms. The van der Waals surface area contributed by atoms with Crippen molar-refractivity contribution in [1.82, 2.24) is 24.4 Å². The van der Waals surface area contributed by atoms with E-state index in [1.165, 1.54) is 11.8 Å². The van der Waals surface area contributed by atoms with Crippen LogP contribution in [0.4, 0.5) is 11.6 Å². The first-order valence-electron chi connectivity index (χ1n) is 10.2. The van der Waals surface area contributed by atoms with Crippen molar-refractivity contribution in [1.29, 1.82) is 0 Å². The number of rotatable bonds is 6. The summed E-state index contributed by atoms with van der Waals surface area (Å²) in [5, 5.41) is 15.3. The van der Waals surface area contributed by atoms with Gasteiger partial charge in [0.05, 0.1) is 17.5 Å². The molecule has 2 amide bonds. The Morgan fingerprint density at radius 1 is 1.09 bits per heavy atom. The highest BCUT2D eigenvalue weighted by molar-refractivity contribution is 7.99. The molecule has 0 atom stereocenters. The number of hydrogen-bond donors (Lipinski definition) is 2. The van der Waals surface area contributed by atoms with Gasteiger partial charge >= 0.3 is 0 Å². The normalized spacial score (nSPS) is 13.3. The molecule has 1 fully saturated rings. The maximum Gasteiger partial charge on any atom is 0.257 e. The number of hydrogen-bond acceptors (Lipinski definition) is 6. The van der Waals surface area contributed by atoms with Gasteiger partial charge in [-0.1, -0.05) is 23.9 Å². The Hall–Kier alpha value is -3.66. The number of nitrogens with zero attached hydrogens (tertiary/aromatic N) is 5. The fourth-order valence-electron chi connectivity index (χ4n) is 3.32. The van der Waals surface area contributed by atoms with Gasteiger partial charge in [0, 0.05) is 23.9 Å². The van der Waals surface area contributed by atoms with Gasteiger partial charge in [-0.05, 0) is 44.0 Å². The van der Waals surface area contributed by atoms with Crippen LogP contribution in [-0.2, 0) is 11.8 Å². The minimum Gasteiger partial charge on any atom is -0.309 e. The molecule has 9 nitrogen and oxygen atoms in total. The Balaban J connectivity index is 1.36. The lowest BCUT2D eigenvalue weighted by Gasteiger charge is -2.09. The average Bonchev–Trinajstić information content (AvgIpc) is 3.47. The first-order valence-corrected chi connectivity index (χ1v) is 11.0. The van der Waals surface area contributed by atoms with Gasteiger partial charge in [0.2, 0.25) is 5.91 Å². The maximum atomic E-state index is 12.9. The van der Waals surface area contributed by atoms with E-state index in [0.29, 0.717) is 27.9 Å². The first-order chi connectivity index (χ1) is 15.5. The number of amides is 2. The van der Waals surface area contributed by atoms with E-state index in [-0.39, 0.29) is 17.7 Å². The summed E-state index contributed by atoms with van der Waals surface area (Å²) in [4.78, 5) is 30.1. The minimum absolute atomic E-state index is 0.00607. The number of fused-ring (bicyclic) bond motifs is 1. The van der Waals surface area contributed by atoms with Gasteiger partial charge in [0.15, 0.2) is 11.5 Å².